The minimum absolute atomic E-state index is 0.180. The third-order valence-electron chi connectivity index (χ3n) is 9.05. The molecule has 0 bridgehead atoms. The number of aromatic nitrogens is 4. The summed E-state index contributed by atoms with van der Waals surface area (Å²) in [5.74, 6) is 1.71. The first-order chi connectivity index (χ1) is 16.7. The molecule has 35 heavy (non-hydrogen) atoms. The van der Waals surface area contributed by atoms with E-state index in [4.69, 9.17) is 0 Å². The molecule has 7 rings (SSSR count). The minimum Gasteiger partial charge on any atom is -0.323 e. The Morgan fingerprint density at radius 2 is 1.69 bits per heavy atom. The SMILES string of the molecule is O=C(N1CC2(CC(Cc3cnn(CC(F)(F)F)c3)C2)C1)N1CC2(CC(c3cc(C4CC4)n[nH]3)C2)C1. The number of halogens is 3. The number of likely N-dealkylation sites (tertiary alicyclic amines) is 2. The zero-order chi connectivity index (χ0) is 24.0. The highest BCUT2D eigenvalue weighted by Gasteiger charge is 2.58. The third kappa shape index (κ3) is 3.93. The zero-order valence-electron chi connectivity index (χ0n) is 19.7. The molecule has 3 saturated carbocycles. The first kappa shape index (κ1) is 21.7. The van der Waals surface area contributed by atoms with E-state index in [1.807, 2.05) is 9.80 Å². The van der Waals surface area contributed by atoms with E-state index in [1.165, 1.54) is 30.4 Å². The highest BCUT2D eigenvalue weighted by molar-refractivity contribution is 5.77. The number of hydrogen-bond donors (Lipinski definition) is 1. The molecule has 2 spiro atoms. The molecule has 2 saturated heterocycles. The second-order valence-corrected chi connectivity index (χ2v) is 12.3. The van der Waals surface area contributed by atoms with Gasteiger partial charge in [0.2, 0.25) is 0 Å². The van der Waals surface area contributed by atoms with Crippen molar-refractivity contribution in [1.82, 2.24) is 29.8 Å². The molecule has 0 atom stereocenters. The maximum absolute atomic E-state index is 12.9. The summed E-state index contributed by atoms with van der Waals surface area (Å²) in [4.78, 5) is 16.9. The van der Waals surface area contributed by atoms with E-state index in [1.54, 1.807) is 6.20 Å². The van der Waals surface area contributed by atoms with Gasteiger partial charge in [-0.2, -0.15) is 23.4 Å². The predicted molar refractivity (Wildman–Crippen MR) is 121 cm³/mol. The Labute approximate surface area is 202 Å². The molecule has 2 aliphatic heterocycles. The monoisotopic (exact) mass is 488 g/mol. The lowest BCUT2D eigenvalue weighted by Gasteiger charge is -2.63. The maximum atomic E-state index is 12.9. The van der Waals surface area contributed by atoms with Gasteiger partial charge in [-0.05, 0) is 62.5 Å². The molecule has 0 aromatic carbocycles. The van der Waals surface area contributed by atoms with Crippen LogP contribution in [-0.4, -0.2) is 68.2 Å². The van der Waals surface area contributed by atoms with Crippen molar-refractivity contribution in [1.29, 1.82) is 0 Å². The Balaban J connectivity index is 0.832. The van der Waals surface area contributed by atoms with Crippen LogP contribution in [0.25, 0.3) is 0 Å². The number of amides is 2. The van der Waals surface area contributed by atoms with Gasteiger partial charge in [-0.25, -0.2) is 4.79 Å². The first-order valence-corrected chi connectivity index (χ1v) is 12.8. The van der Waals surface area contributed by atoms with E-state index in [2.05, 4.69) is 21.4 Å². The second kappa shape index (κ2) is 7.26. The molecule has 5 aliphatic rings. The summed E-state index contributed by atoms with van der Waals surface area (Å²) in [5, 5.41) is 11.6. The summed E-state index contributed by atoms with van der Waals surface area (Å²) in [7, 11) is 0. The summed E-state index contributed by atoms with van der Waals surface area (Å²) in [6.07, 6.45) is 6.50. The fourth-order valence-electron chi connectivity index (χ4n) is 7.29. The van der Waals surface area contributed by atoms with Crippen LogP contribution in [0, 0.1) is 16.7 Å². The van der Waals surface area contributed by atoms with E-state index < -0.39 is 12.7 Å². The molecule has 7 nitrogen and oxygen atoms in total. The van der Waals surface area contributed by atoms with Crippen LogP contribution in [0.2, 0.25) is 0 Å². The number of nitrogens with zero attached hydrogens (tertiary/aromatic N) is 5. The Hall–Kier alpha value is -2.52. The van der Waals surface area contributed by atoms with Gasteiger partial charge in [0.05, 0.1) is 11.9 Å². The highest BCUT2D eigenvalue weighted by atomic mass is 19.4. The summed E-state index contributed by atoms with van der Waals surface area (Å²) < 4.78 is 38.5. The highest BCUT2D eigenvalue weighted by Crippen LogP contribution is 2.57. The van der Waals surface area contributed by atoms with Gasteiger partial charge in [-0.1, -0.05) is 0 Å². The van der Waals surface area contributed by atoms with Gasteiger partial charge in [0, 0.05) is 60.7 Å². The molecule has 0 radical (unpaired) electrons. The Morgan fingerprint density at radius 3 is 2.31 bits per heavy atom. The number of hydrogen-bond acceptors (Lipinski definition) is 3. The lowest BCUT2D eigenvalue weighted by atomic mass is 9.56. The lowest BCUT2D eigenvalue weighted by Crippen LogP contribution is -2.70. The number of carbonyl (C=O) groups is 1. The fraction of sp³-hybridized carbons (Fsp3) is 0.720. The van der Waals surface area contributed by atoms with Crippen LogP contribution in [0.4, 0.5) is 18.0 Å². The molecule has 188 valence electrons. The van der Waals surface area contributed by atoms with Crippen LogP contribution in [0.15, 0.2) is 18.5 Å². The second-order valence-electron chi connectivity index (χ2n) is 12.3. The minimum atomic E-state index is -4.25. The average Bonchev–Trinajstić information content (AvgIpc) is 3.24. The topological polar surface area (TPSA) is 70.1 Å². The van der Waals surface area contributed by atoms with Crippen LogP contribution in [-0.2, 0) is 13.0 Å². The quantitative estimate of drug-likeness (QED) is 0.682. The van der Waals surface area contributed by atoms with Crippen molar-refractivity contribution < 1.29 is 18.0 Å². The molecule has 4 heterocycles. The molecule has 2 aromatic heterocycles. The molecule has 3 aliphatic carbocycles. The molecule has 2 amide bonds. The van der Waals surface area contributed by atoms with Crippen molar-refractivity contribution >= 4 is 6.03 Å². The summed E-state index contributed by atoms with van der Waals surface area (Å²) in [6.45, 7) is 2.35. The van der Waals surface area contributed by atoms with Gasteiger partial charge in [-0.3, -0.25) is 9.78 Å². The molecule has 5 fully saturated rings. The van der Waals surface area contributed by atoms with Gasteiger partial charge in [-0.15, -0.1) is 0 Å². The first-order valence-electron chi connectivity index (χ1n) is 12.8. The fourth-order valence-corrected chi connectivity index (χ4v) is 7.29. The number of aromatic amines is 1. The molecule has 10 heteroatoms. The number of H-pyrrole nitrogens is 1. The standard InChI is InChI=1S/C25H31F3N6O/c26-25(27,28)15-34-10-17(9-29-34)3-16-5-23(6-16)11-32(12-23)22(35)33-13-24(14-33)7-19(8-24)21-4-20(30-31-21)18-1-2-18/h4,9-10,16,18-19H,1-3,5-8,11-15H2,(H,30,31). The normalized spacial score (nSPS) is 25.3. The summed E-state index contributed by atoms with van der Waals surface area (Å²) in [6, 6.07) is 2.44. The van der Waals surface area contributed by atoms with Gasteiger partial charge in [0.25, 0.3) is 0 Å². The number of rotatable bonds is 5. The number of urea groups is 1. The van der Waals surface area contributed by atoms with E-state index in [0.717, 1.165) is 68.5 Å². The maximum Gasteiger partial charge on any atom is 0.408 e. The van der Waals surface area contributed by atoms with Crippen LogP contribution in [0.5, 0.6) is 0 Å². The molecule has 0 unspecified atom stereocenters. The number of nitrogens with one attached hydrogen (secondary N) is 1. The zero-order valence-corrected chi connectivity index (χ0v) is 19.7. The number of carbonyl (C=O) groups excluding carboxylic acids is 1. The van der Waals surface area contributed by atoms with E-state index in [9.17, 15) is 18.0 Å². The average molecular weight is 489 g/mol. The van der Waals surface area contributed by atoms with Crippen molar-refractivity contribution in [2.24, 2.45) is 16.7 Å². The van der Waals surface area contributed by atoms with Crippen LogP contribution in [0.1, 0.15) is 67.3 Å². The van der Waals surface area contributed by atoms with Gasteiger partial charge in [0.15, 0.2) is 0 Å². The van der Waals surface area contributed by atoms with Gasteiger partial charge in [0.1, 0.15) is 6.54 Å². The lowest BCUT2D eigenvalue weighted by molar-refractivity contribution is -0.142. The summed E-state index contributed by atoms with van der Waals surface area (Å²) >= 11 is 0. The van der Waals surface area contributed by atoms with E-state index >= 15 is 0 Å². The van der Waals surface area contributed by atoms with Crippen molar-refractivity contribution in [3.63, 3.8) is 0 Å². The van der Waals surface area contributed by atoms with Crippen molar-refractivity contribution in [2.75, 3.05) is 26.2 Å². The predicted octanol–water partition coefficient (Wildman–Crippen LogP) is 4.30. The molecule has 1 N–H and O–H groups in total. The Bertz CT molecular complexity index is 1120. The summed E-state index contributed by atoms with van der Waals surface area (Å²) in [5.41, 5.74) is 3.91. The Morgan fingerprint density at radius 1 is 1.03 bits per heavy atom. The molecule has 2 aromatic rings. The van der Waals surface area contributed by atoms with E-state index in [-0.39, 0.29) is 11.4 Å². The third-order valence-corrected chi connectivity index (χ3v) is 9.05. The van der Waals surface area contributed by atoms with Crippen molar-refractivity contribution in [3.05, 3.63) is 35.4 Å². The van der Waals surface area contributed by atoms with E-state index in [0.29, 0.717) is 23.2 Å². The van der Waals surface area contributed by atoms with Crippen LogP contribution in [0.3, 0.4) is 0 Å². The molecular weight excluding hydrogens is 457 g/mol. The largest absolute Gasteiger partial charge is 0.408 e. The smallest absolute Gasteiger partial charge is 0.323 e. The number of alkyl halides is 3. The van der Waals surface area contributed by atoms with Crippen LogP contribution >= 0.6 is 0 Å². The Kier molecular flexibility index (Phi) is 4.51. The van der Waals surface area contributed by atoms with Crippen LogP contribution < -0.4 is 0 Å². The van der Waals surface area contributed by atoms with Crippen molar-refractivity contribution in [3.8, 4) is 0 Å². The van der Waals surface area contributed by atoms with Gasteiger partial charge >= 0.3 is 12.2 Å². The van der Waals surface area contributed by atoms with Crippen molar-refractivity contribution in [2.45, 2.75) is 69.5 Å². The van der Waals surface area contributed by atoms with Gasteiger partial charge < -0.3 is 9.80 Å². The molecular formula is C25H31F3N6O.